The van der Waals surface area contributed by atoms with Gasteiger partial charge in [-0.25, -0.2) is 19.9 Å². The van der Waals surface area contributed by atoms with Gasteiger partial charge in [-0.3, -0.25) is 9.69 Å². The molecule has 3 N–H and O–H groups in total. The van der Waals surface area contributed by atoms with E-state index in [2.05, 4.69) is 30.2 Å². The Balaban J connectivity index is 1.85. The number of hydrogen-bond acceptors (Lipinski definition) is 7. The van der Waals surface area contributed by atoms with Gasteiger partial charge in [-0.05, 0) is 32.4 Å². The molecule has 0 radical (unpaired) electrons. The zero-order valence-corrected chi connectivity index (χ0v) is 13.6. The van der Waals surface area contributed by atoms with Gasteiger partial charge in [-0.15, -0.1) is 0 Å². The van der Waals surface area contributed by atoms with E-state index in [1.165, 1.54) is 0 Å². The number of nitrogens with two attached hydrogens (primary N) is 1. The number of nitrogens with one attached hydrogen (secondary N) is 1. The fourth-order valence-electron chi connectivity index (χ4n) is 2.96. The molecule has 1 fully saturated rings. The van der Waals surface area contributed by atoms with E-state index in [1.807, 2.05) is 13.0 Å². The van der Waals surface area contributed by atoms with Crippen LogP contribution in [0.15, 0.2) is 24.5 Å². The Hall–Kier alpha value is -2.61. The van der Waals surface area contributed by atoms with Crippen molar-refractivity contribution in [3.8, 4) is 0 Å². The van der Waals surface area contributed by atoms with Crippen LogP contribution in [0.1, 0.15) is 36.8 Å². The lowest BCUT2D eigenvalue weighted by Gasteiger charge is -2.33. The zero-order valence-electron chi connectivity index (χ0n) is 13.6. The smallest absolute Gasteiger partial charge is 0.231 e. The van der Waals surface area contributed by atoms with E-state index in [0.717, 1.165) is 31.5 Å². The Labute approximate surface area is 140 Å². The second-order valence-electron chi connectivity index (χ2n) is 5.90. The summed E-state index contributed by atoms with van der Waals surface area (Å²) < 4.78 is 0. The van der Waals surface area contributed by atoms with Crippen molar-refractivity contribution < 1.29 is 4.79 Å². The van der Waals surface area contributed by atoms with E-state index in [-0.39, 0.29) is 18.5 Å². The van der Waals surface area contributed by atoms with E-state index in [9.17, 15) is 4.79 Å². The van der Waals surface area contributed by atoms with E-state index >= 15 is 0 Å². The minimum atomic E-state index is -0.328. The third-order valence-electron chi connectivity index (χ3n) is 3.95. The van der Waals surface area contributed by atoms with Crippen molar-refractivity contribution in [2.75, 3.05) is 18.4 Å². The summed E-state index contributed by atoms with van der Waals surface area (Å²) in [7, 11) is 0. The molecule has 0 saturated carbocycles. The average molecular weight is 327 g/mol. The van der Waals surface area contributed by atoms with E-state index in [0.29, 0.717) is 17.6 Å². The van der Waals surface area contributed by atoms with Crippen LogP contribution in [0.3, 0.4) is 0 Å². The van der Waals surface area contributed by atoms with Crippen molar-refractivity contribution in [1.29, 1.82) is 0 Å². The first kappa shape index (κ1) is 16.3. The first-order valence-corrected chi connectivity index (χ1v) is 8.04. The van der Waals surface area contributed by atoms with Crippen LogP contribution in [0.2, 0.25) is 0 Å². The van der Waals surface area contributed by atoms with Gasteiger partial charge in [0.1, 0.15) is 11.6 Å². The highest BCUT2D eigenvalue weighted by molar-refractivity contribution is 5.76. The predicted molar refractivity (Wildman–Crippen MR) is 89.4 cm³/mol. The van der Waals surface area contributed by atoms with Crippen molar-refractivity contribution in [3.63, 3.8) is 0 Å². The number of aryl methyl sites for hydroxylation is 1. The number of piperidine rings is 1. The van der Waals surface area contributed by atoms with Crippen LogP contribution in [0.25, 0.3) is 0 Å². The second kappa shape index (κ2) is 7.31. The minimum absolute atomic E-state index is 0.00314. The largest absolute Gasteiger partial charge is 0.369 e. The first-order chi connectivity index (χ1) is 11.6. The third-order valence-corrected chi connectivity index (χ3v) is 3.95. The maximum atomic E-state index is 11.3. The average Bonchev–Trinajstić information content (AvgIpc) is 2.55. The summed E-state index contributed by atoms with van der Waals surface area (Å²) in [5.41, 5.74) is 6.23. The van der Waals surface area contributed by atoms with E-state index in [4.69, 9.17) is 5.73 Å². The van der Waals surface area contributed by atoms with Crippen molar-refractivity contribution in [2.24, 2.45) is 5.73 Å². The Kier molecular flexibility index (Phi) is 4.95. The van der Waals surface area contributed by atoms with Gasteiger partial charge in [0.05, 0.1) is 12.6 Å². The molecule has 2 aromatic heterocycles. The molecule has 3 rings (SSSR count). The lowest BCUT2D eigenvalue weighted by molar-refractivity contribution is -0.120. The van der Waals surface area contributed by atoms with Crippen LogP contribution in [0.5, 0.6) is 0 Å². The van der Waals surface area contributed by atoms with Crippen LogP contribution in [0.4, 0.5) is 11.8 Å². The molecule has 1 amide bonds. The van der Waals surface area contributed by atoms with Gasteiger partial charge in [0.15, 0.2) is 0 Å². The lowest BCUT2D eigenvalue weighted by Crippen LogP contribution is -2.40. The molecule has 1 unspecified atom stereocenters. The summed E-state index contributed by atoms with van der Waals surface area (Å²) in [6.07, 6.45) is 6.39. The normalized spacial score (nSPS) is 18.3. The molecular weight excluding hydrogens is 306 g/mol. The first-order valence-electron chi connectivity index (χ1n) is 8.04. The highest BCUT2D eigenvalue weighted by Gasteiger charge is 2.27. The Morgan fingerprint density at radius 1 is 1.33 bits per heavy atom. The summed E-state index contributed by atoms with van der Waals surface area (Å²) in [6.45, 7) is 2.98. The van der Waals surface area contributed by atoms with Crippen LogP contribution in [-0.2, 0) is 4.79 Å². The molecule has 0 aliphatic carbocycles. The summed E-state index contributed by atoms with van der Waals surface area (Å²) in [5, 5.41) is 3.10. The number of carbonyl (C=O) groups excluding carboxylic acids is 1. The number of likely N-dealkylation sites (tertiary alicyclic amines) is 1. The quantitative estimate of drug-likeness (QED) is 0.852. The van der Waals surface area contributed by atoms with E-state index in [1.54, 1.807) is 18.5 Å². The van der Waals surface area contributed by atoms with Gasteiger partial charge in [0.25, 0.3) is 0 Å². The summed E-state index contributed by atoms with van der Waals surface area (Å²) in [5.74, 6) is 1.51. The Morgan fingerprint density at radius 2 is 2.12 bits per heavy atom. The van der Waals surface area contributed by atoms with Crippen LogP contribution >= 0.6 is 0 Å². The number of primary amides is 1. The summed E-state index contributed by atoms with van der Waals surface area (Å²) >= 11 is 0. The molecule has 1 atom stereocenters. The number of aromatic nitrogens is 4. The molecule has 1 saturated heterocycles. The number of anilines is 2. The maximum absolute atomic E-state index is 11.3. The molecule has 3 heterocycles. The molecule has 126 valence electrons. The lowest BCUT2D eigenvalue weighted by atomic mass is 10.0. The molecule has 8 heteroatoms. The highest BCUT2D eigenvalue weighted by atomic mass is 16.1. The fourth-order valence-corrected chi connectivity index (χ4v) is 2.96. The number of nitrogens with zero attached hydrogens (tertiary/aromatic N) is 5. The molecule has 24 heavy (non-hydrogen) atoms. The van der Waals surface area contributed by atoms with Crippen molar-refractivity contribution >= 4 is 17.7 Å². The third kappa shape index (κ3) is 4.02. The maximum Gasteiger partial charge on any atom is 0.231 e. The number of carbonyl (C=O) groups is 1. The molecule has 2 aromatic rings. The van der Waals surface area contributed by atoms with E-state index < -0.39 is 0 Å². The molecule has 0 spiro atoms. The summed E-state index contributed by atoms with van der Waals surface area (Å²) in [4.78, 5) is 30.9. The van der Waals surface area contributed by atoms with Crippen LogP contribution in [0, 0.1) is 6.92 Å². The van der Waals surface area contributed by atoms with Crippen molar-refractivity contribution in [1.82, 2.24) is 24.8 Å². The number of amides is 1. The van der Waals surface area contributed by atoms with Crippen molar-refractivity contribution in [3.05, 3.63) is 36.0 Å². The molecule has 0 bridgehead atoms. The van der Waals surface area contributed by atoms with Gasteiger partial charge >= 0.3 is 0 Å². The number of rotatable bonds is 5. The SMILES string of the molecule is Cc1cc(Nc2ncccn2)nc(C2CCCCN2CC(N)=O)n1. The zero-order chi connectivity index (χ0) is 16.9. The Bertz CT molecular complexity index is 707. The molecule has 8 nitrogen and oxygen atoms in total. The van der Waals surface area contributed by atoms with Crippen LogP contribution < -0.4 is 11.1 Å². The van der Waals surface area contributed by atoms with Gasteiger partial charge in [0.2, 0.25) is 11.9 Å². The van der Waals surface area contributed by atoms with Crippen LogP contribution in [-0.4, -0.2) is 43.8 Å². The predicted octanol–water partition coefficient (Wildman–Crippen LogP) is 1.33. The number of hydrogen-bond donors (Lipinski definition) is 2. The van der Waals surface area contributed by atoms with Crippen molar-refractivity contribution in [2.45, 2.75) is 32.2 Å². The fraction of sp³-hybridized carbons (Fsp3) is 0.438. The van der Waals surface area contributed by atoms with Gasteiger partial charge < -0.3 is 11.1 Å². The molecular formula is C16H21N7O. The monoisotopic (exact) mass is 327 g/mol. The van der Waals surface area contributed by atoms with Gasteiger partial charge in [-0.2, -0.15) is 0 Å². The Morgan fingerprint density at radius 3 is 2.88 bits per heavy atom. The molecule has 1 aliphatic heterocycles. The minimum Gasteiger partial charge on any atom is -0.369 e. The topological polar surface area (TPSA) is 110 Å². The highest BCUT2D eigenvalue weighted by Crippen LogP contribution is 2.29. The molecule has 0 aromatic carbocycles. The van der Waals surface area contributed by atoms with Gasteiger partial charge in [-0.1, -0.05) is 6.42 Å². The molecule has 1 aliphatic rings. The summed E-state index contributed by atoms with van der Waals surface area (Å²) in [6, 6.07) is 3.61. The second-order valence-corrected chi connectivity index (χ2v) is 5.90. The van der Waals surface area contributed by atoms with Gasteiger partial charge in [0, 0.05) is 24.2 Å². The standard InChI is InChI=1S/C16H21N7O/c1-11-9-14(22-16-18-6-4-7-19-16)21-15(20-11)12-5-2-3-8-23(12)10-13(17)24/h4,6-7,9,12H,2-3,5,8,10H2,1H3,(H2,17,24)(H,18,19,20,21,22).